The number of alkyl halides is 6. The topological polar surface area (TPSA) is 78.0 Å². The second kappa shape index (κ2) is 6.32. The lowest BCUT2D eigenvalue weighted by atomic mass is 10.1. The Bertz CT molecular complexity index is 569. The molecule has 1 rings (SSSR count). The molecule has 1 aromatic rings. The normalized spacial score (nSPS) is 12.5. The zero-order valence-electron chi connectivity index (χ0n) is 10.7. The predicted molar refractivity (Wildman–Crippen MR) is 58.9 cm³/mol. The second-order valence-corrected chi connectivity index (χ2v) is 4.27. The third-order valence-electron chi connectivity index (χ3n) is 2.63. The summed E-state index contributed by atoms with van der Waals surface area (Å²) in [5, 5.41) is 10.4. The van der Waals surface area contributed by atoms with E-state index < -0.39 is 60.5 Å². The molecule has 0 spiro atoms. The summed E-state index contributed by atoms with van der Waals surface area (Å²) in [6.07, 6.45) is -7.94. The van der Waals surface area contributed by atoms with Crippen molar-refractivity contribution in [2.24, 2.45) is 0 Å². The number of hydrogen-bond donors (Lipinski definition) is 0. The molecule has 124 valence electrons. The van der Waals surface area contributed by atoms with Gasteiger partial charge < -0.3 is 10.1 Å². The number of ketones is 1. The number of nitro groups is 1. The molecule has 0 saturated carbocycles. The molecule has 0 N–H and O–H groups in total. The molecule has 0 aliphatic rings. The SMILES string of the molecule is O=C(CCC(F)(F)C(F)(F)F)Cn1cc([N+](=O)[O-])nc1C[18F]. The molecule has 1 aromatic heterocycles. The Morgan fingerprint density at radius 2 is 1.91 bits per heavy atom. The van der Waals surface area contributed by atoms with E-state index in [0.717, 1.165) is 0 Å². The highest BCUT2D eigenvalue weighted by Gasteiger charge is 2.56. The lowest BCUT2D eigenvalue weighted by Crippen LogP contribution is -2.36. The Morgan fingerprint density at radius 1 is 1.32 bits per heavy atom. The van der Waals surface area contributed by atoms with Gasteiger partial charge in [0.25, 0.3) is 5.82 Å². The third-order valence-corrected chi connectivity index (χ3v) is 2.63. The minimum atomic E-state index is -5.77. The number of aromatic nitrogens is 2. The molecule has 0 unspecified atom stereocenters. The fraction of sp³-hybridized carbons (Fsp3) is 0.600. The van der Waals surface area contributed by atoms with E-state index in [-0.39, 0.29) is 0 Å². The molecule has 0 atom stereocenters. The van der Waals surface area contributed by atoms with E-state index >= 15 is 0 Å². The van der Waals surface area contributed by atoms with Crippen molar-refractivity contribution in [1.29, 1.82) is 0 Å². The van der Waals surface area contributed by atoms with Crippen molar-refractivity contribution in [3.8, 4) is 0 Å². The Hall–Kier alpha value is -2.14. The van der Waals surface area contributed by atoms with Crippen LogP contribution in [0.15, 0.2) is 6.20 Å². The van der Waals surface area contributed by atoms with Gasteiger partial charge in [-0.1, -0.05) is 0 Å². The summed E-state index contributed by atoms with van der Waals surface area (Å²) in [6, 6.07) is 0. The van der Waals surface area contributed by atoms with Crippen LogP contribution in [-0.2, 0) is 18.0 Å². The molecule has 6 nitrogen and oxygen atoms in total. The van der Waals surface area contributed by atoms with Crippen molar-refractivity contribution < 1.29 is 36.1 Å². The first-order valence-corrected chi connectivity index (χ1v) is 5.70. The average Bonchev–Trinajstić information content (AvgIpc) is 2.78. The van der Waals surface area contributed by atoms with Crippen LogP contribution in [0.3, 0.4) is 0 Å². The van der Waals surface area contributed by atoms with E-state index in [9.17, 15) is 41.3 Å². The van der Waals surface area contributed by atoms with Crippen molar-refractivity contribution in [2.45, 2.75) is 38.2 Å². The summed E-state index contributed by atoms with van der Waals surface area (Å²) < 4.78 is 74.3. The van der Waals surface area contributed by atoms with Gasteiger partial charge in [0.05, 0.1) is 6.54 Å². The summed E-state index contributed by atoms with van der Waals surface area (Å²) in [5.74, 6) is -7.35. The maximum atomic E-state index is 12.6. The van der Waals surface area contributed by atoms with E-state index in [1.165, 1.54) is 0 Å². The van der Waals surface area contributed by atoms with Gasteiger partial charge in [0.1, 0.15) is 6.20 Å². The van der Waals surface area contributed by atoms with Crippen molar-refractivity contribution >= 4 is 11.6 Å². The van der Waals surface area contributed by atoms with E-state index in [0.29, 0.717) is 10.8 Å². The third kappa shape index (κ3) is 4.18. The lowest BCUT2D eigenvalue weighted by Gasteiger charge is -2.18. The molecule has 12 heteroatoms. The van der Waals surface area contributed by atoms with Crippen LogP contribution < -0.4 is 0 Å². The van der Waals surface area contributed by atoms with Crippen LogP contribution in [0.2, 0.25) is 0 Å². The van der Waals surface area contributed by atoms with E-state index in [4.69, 9.17) is 0 Å². The highest BCUT2D eigenvalue weighted by Crippen LogP contribution is 2.38. The summed E-state index contributed by atoms with van der Waals surface area (Å²) >= 11 is 0. The highest BCUT2D eigenvalue weighted by molar-refractivity contribution is 5.78. The van der Waals surface area contributed by atoms with Gasteiger partial charge in [-0.15, -0.1) is 0 Å². The van der Waals surface area contributed by atoms with Crippen molar-refractivity contribution in [3.63, 3.8) is 0 Å². The van der Waals surface area contributed by atoms with Gasteiger partial charge in [-0.2, -0.15) is 22.0 Å². The molecular formula is C10H9F6N3O3. The maximum absolute atomic E-state index is 12.6. The fourth-order valence-corrected chi connectivity index (χ4v) is 1.48. The van der Waals surface area contributed by atoms with Crippen LogP contribution >= 0.6 is 0 Å². The maximum Gasteiger partial charge on any atom is 0.453 e. The molecule has 0 bridgehead atoms. The largest absolute Gasteiger partial charge is 0.453 e. The van der Waals surface area contributed by atoms with E-state index in [1.54, 1.807) is 0 Å². The lowest BCUT2D eigenvalue weighted by molar-refractivity contribution is -0.389. The van der Waals surface area contributed by atoms with Gasteiger partial charge in [0, 0.05) is 12.8 Å². The first kappa shape index (κ1) is 17.9. The van der Waals surface area contributed by atoms with Gasteiger partial charge in [-0.3, -0.25) is 9.36 Å². The van der Waals surface area contributed by atoms with Crippen LogP contribution in [0, 0.1) is 10.1 Å². The zero-order chi connectivity index (χ0) is 17.1. The average molecular weight is 332 g/mol. The zero-order valence-corrected chi connectivity index (χ0v) is 10.7. The quantitative estimate of drug-likeness (QED) is 0.437. The molecule has 0 saturated heterocycles. The number of hydrogen-bond acceptors (Lipinski definition) is 4. The minimum Gasteiger partial charge on any atom is -0.358 e. The smallest absolute Gasteiger partial charge is 0.358 e. The molecule has 0 aliphatic heterocycles. The summed E-state index contributed by atoms with van der Waals surface area (Å²) in [5.41, 5.74) is 0. The molecule has 0 amide bonds. The molecule has 22 heavy (non-hydrogen) atoms. The number of Topliss-reactive ketones (excluding diaryl/α,β-unsaturated/α-hetero) is 1. The molecule has 0 radical (unpaired) electrons. The van der Waals surface area contributed by atoms with Crippen molar-refractivity contribution in [2.75, 3.05) is 0 Å². The highest BCUT2D eigenvalue weighted by atomic mass is 19.4. The minimum absolute atomic E-state index is 0.498. The molecule has 0 fully saturated rings. The Kier molecular flexibility index (Phi) is 5.14. The summed E-state index contributed by atoms with van der Waals surface area (Å²) in [7, 11) is 0. The van der Waals surface area contributed by atoms with Gasteiger partial charge >= 0.3 is 17.9 Å². The number of imidazole rings is 1. The van der Waals surface area contributed by atoms with E-state index in [1.807, 2.05) is 0 Å². The predicted octanol–water partition coefficient (Wildman–Crippen LogP) is 2.81. The van der Waals surface area contributed by atoms with Crippen LogP contribution in [0.4, 0.5) is 32.2 Å². The molecule has 1 heterocycles. The Morgan fingerprint density at radius 3 is 2.36 bits per heavy atom. The summed E-state index contributed by atoms with van der Waals surface area (Å²) in [6.45, 7) is -2.05. The van der Waals surface area contributed by atoms with Gasteiger partial charge in [0.15, 0.2) is 12.5 Å². The van der Waals surface area contributed by atoms with Crippen molar-refractivity contribution in [1.82, 2.24) is 9.55 Å². The number of carbonyl (C=O) groups is 1. The Labute approximate surface area is 118 Å². The van der Waals surface area contributed by atoms with Gasteiger partial charge in [-0.05, 0) is 9.91 Å². The van der Waals surface area contributed by atoms with Crippen molar-refractivity contribution in [3.05, 3.63) is 22.1 Å². The number of nitrogens with zero attached hydrogens (tertiary/aromatic N) is 3. The first-order chi connectivity index (χ1) is 9.98. The monoisotopic (exact) mass is 332 g/mol. The molecular weight excluding hydrogens is 323 g/mol. The molecule has 0 aliphatic carbocycles. The number of halogens is 6. The van der Waals surface area contributed by atoms with E-state index in [2.05, 4.69) is 4.98 Å². The second-order valence-electron chi connectivity index (χ2n) is 4.27. The first-order valence-electron chi connectivity index (χ1n) is 5.70. The Balaban J connectivity index is 2.72. The van der Waals surface area contributed by atoms with Crippen LogP contribution in [0.25, 0.3) is 0 Å². The standard InChI is InChI=1S/C10H9F6N3O3/c11-3-7-17-8(19(21)22)5-18(7)4-6(20)1-2-9(12,13)10(14,15)16/h5H,1-4H2/i11-1. The van der Waals surface area contributed by atoms with Crippen LogP contribution in [-0.4, -0.2) is 32.4 Å². The van der Waals surface area contributed by atoms with Crippen LogP contribution in [0.1, 0.15) is 18.7 Å². The fourth-order valence-electron chi connectivity index (χ4n) is 1.48. The van der Waals surface area contributed by atoms with Gasteiger partial charge in [0.2, 0.25) is 0 Å². The summed E-state index contributed by atoms with van der Waals surface area (Å²) in [4.78, 5) is 24.1. The molecule has 0 aromatic carbocycles. The number of carbonyl (C=O) groups excluding carboxylic acids is 1. The number of rotatable bonds is 7. The van der Waals surface area contributed by atoms with Crippen LogP contribution in [0.5, 0.6) is 0 Å². The van der Waals surface area contributed by atoms with Gasteiger partial charge in [-0.25, -0.2) is 4.39 Å².